The molecule has 6 heteroatoms. The molecule has 0 unspecified atom stereocenters. The van der Waals surface area contributed by atoms with Gasteiger partial charge in [0.05, 0.1) is 10.7 Å². The third-order valence-corrected chi connectivity index (χ3v) is 7.90. The van der Waals surface area contributed by atoms with E-state index in [1.165, 1.54) is 27.4 Å². The van der Waals surface area contributed by atoms with Gasteiger partial charge in [0.15, 0.2) is 0 Å². The quantitative estimate of drug-likeness (QED) is 0.678. The summed E-state index contributed by atoms with van der Waals surface area (Å²) in [6.45, 7) is 2.23. The molecule has 1 aliphatic heterocycles. The Morgan fingerprint density at radius 2 is 1.90 bits per heavy atom. The summed E-state index contributed by atoms with van der Waals surface area (Å²) in [5.74, 6) is 0.419. The van der Waals surface area contributed by atoms with Crippen molar-refractivity contribution in [1.82, 2.24) is 9.88 Å². The number of likely N-dealkylation sites (N-methyl/N-ethyl adjacent to an activating group) is 1. The minimum atomic E-state index is -0.672. The molecule has 2 aromatic rings. The fourth-order valence-corrected chi connectivity index (χ4v) is 5.92. The monoisotopic (exact) mass is 427 g/mol. The fraction of sp³-hybridized carbons (Fsp3) is 0.583. The second-order valence-electron chi connectivity index (χ2n) is 8.94. The number of aliphatic carboxylic acids is 1. The molecule has 1 aromatic carbocycles. The lowest BCUT2D eigenvalue weighted by atomic mass is 9.80. The van der Waals surface area contributed by atoms with E-state index in [0.29, 0.717) is 18.3 Å². The summed E-state index contributed by atoms with van der Waals surface area (Å²) in [6, 6.07) is 4.69. The number of hydrogen-bond donors (Lipinski definition) is 2. The van der Waals surface area contributed by atoms with Crippen molar-refractivity contribution < 1.29 is 9.90 Å². The number of rotatable bonds is 6. The van der Waals surface area contributed by atoms with Crippen molar-refractivity contribution in [3.8, 4) is 11.3 Å². The zero-order valence-electron chi connectivity index (χ0n) is 18.1. The normalized spacial score (nSPS) is 22.3. The van der Waals surface area contributed by atoms with Gasteiger partial charge >= 0.3 is 5.97 Å². The number of aromatic nitrogens is 1. The Morgan fingerprint density at radius 3 is 2.57 bits per heavy atom. The van der Waals surface area contributed by atoms with Crippen molar-refractivity contribution in [3.05, 3.63) is 33.6 Å². The van der Waals surface area contributed by atoms with E-state index in [2.05, 4.69) is 34.8 Å². The lowest BCUT2D eigenvalue weighted by Gasteiger charge is -2.26. The van der Waals surface area contributed by atoms with E-state index in [0.717, 1.165) is 63.7 Å². The zero-order valence-corrected chi connectivity index (χ0v) is 18.9. The van der Waals surface area contributed by atoms with Crippen molar-refractivity contribution in [2.45, 2.75) is 57.3 Å². The maximum absolute atomic E-state index is 10.8. The molecule has 0 saturated heterocycles. The van der Waals surface area contributed by atoms with Gasteiger partial charge in [-0.05, 0) is 81.2 Å². The summed E-state index contributed by atoms with van der Waals surface area (Å²) >= 11 is 1.79. The summed E-state index contributed by atoms with van der Waals surface area (Å²) < 4.78 is 0. The van der Waals surface area contributed by atoms with E-state index in [1.807, 2.05) is 7.05 Å². The maximum atomic E-state index is 10.8. The van der Waals surface area contributed by atoms with Gasteiger partial charge in [0.2, 0.25) is 0 Å². The van der Waals surface area contributed by atoms with E-state index in [4.69, 9.17) is 10.1 Å². The SMILES string of the molecule is CNc1cc2c(cc1-c1csc([C@H]3CC[C@H](CCC(=O)O)CC3)n1)CCN(C)CC2. The molecular formula is C24H33N3O2S. The van der Waals surface area contributed by atoms with Gasteiger partial charge in [0.1, 0.15) is 0 Å². The third kappa shape index (κ3) is 4.86. The molecule has 4 rings (SSSR count). The van der Waals surface area contributed by atoms with Gasteiger partial charge in [-0.3, -0.25) is 4.79 Å². The predicted molar refractivity (Wildman–Crippen MR) is 124 cm³/mol. The number of carbonyl (C=O) groups is 1. The van der Waals surface area contributed by atoms with Crippen LogP contribution < -0.4 is 5.32 Å². The molecule has 162 valence electrons. The topological polar surface area (TPSA) is 65.5 Å². The molecule has 0 radical (unpaired) electrons. The summed E-state index contributed by atoms with van der Waals surface area (Å²) in [7, 11) is 4.20. The van der Waals surface area contributed by atoms with Crippen molar-refractivity contribution in [1.29, 1.82) is 0 Å². The number of fused-ring (bicyclic) bond motifs is 1. The number of benzene rings is 1. The lowest BCUT2D eigenvalue weighted by molar-refractivity contribution is -0.137. The minimum Gasteiger partial charge on any atom is -0.481 e. The summed E-state index contributed by atoms with van der Waals surface area (Å²) in [5.41, 5.74) is 6.41. The molecule has 0 atom stereocenters. The molecule has 2 heterocycles. The first-order valence-corrected chi connectivity index (χ1v) is 12.1. The molecule has 1 aliphatic carbocycles. The van der Waals surface area contributed by atoms with Crippen molar-refractivity contribution >= 4 is 23.0 Å². The first kappa shape index (κ1) is 21.3. The highest BCUT2D eigenvalue weighted by molar-refractivity contribution is 7.10. The van der Waals surface area contributed by atoms with E-state index >= 15 is 0 Å². The van der Waals surface area contributed by atoms with Crippen LogP contribution in [0, 0.1) is 5.92 Å². The van der Waals surface area contributed by atoms with Gasteiger partial charge < -0.3 is 15.3 Å². The Kier molecular flexibility index (Phi) is 6.74. The Morgan fingerprint density at radius 1 is 1.20 bits per heavy atom. The maximum Gasteiger partial charge on any atom is 0.303 e. The predicted octanol–water partition coefficient (Wildman–Crippen LogP) is 5.02. The van der Waals surface area contributed by atoms with Crippen LogP contribution in [0.25, 0.3) is 11.3 Å². The largest absolute Gasteiger partial charge is 0.481 e. The average molecular weight is 428 g/mol. The van der Waals surface area contributed by atoms with Gasteiger partial charge in [-0.15, -0.1) is 11.3 Å². The highest BCUT2D eigenvalue weighted by atomic mass is 32.1. The lowest BCUT2D eigenvalue weighted by Crippen LogP contribution is -2.20. The molecule has 30 heavy (non-hydrogen) atoms. The number of carboxylic acids is 1. The fourth-order valence-electron chi connectivity index (χ4n) is 4.93. The van der Waals surface area contributed by atoms with Gasteiger partial charge in [0, 0.05) is 49.1 Å². The molecule has 0 bridgehead atoms. The van der Waals surface area contributed by atoms with Crippen LogP contribution in [0.2, 0.25) is 0 Å². The molecule has 5 nitrogen and oxygen atoms in total. The molecule has 0 spiro atoms. The molecule has 1 aromatic heterocycles. The number of nitrogens with one attached hydrogen (secondary N) is 1. The molecule has 1 fully saturated rings. The van der Waals surface area contributed by atoms with E-state index in [9.17, 15) is 4.79 Å². The van der Waals surface area contributed by atoms with E-state index in [1.54, 1.807) is 11.3 Å². The average Bonchev–Trinajstić information content (AvgIpc) is 3.17. The van der Waals surface area contributed by atoms with Gasteiger partial charge in [-0.25, -0.2) is 4.98 Å². The summed E-state index contributed by atoms with van der Waals surface area (Å²) in [5, 5.41) is 15.8. The van der Waals surface area contributed by atoms with Crippen LogP contribution in [-0.2, 0) is 17.6 Å². The van der Waals surface area contributed by atoms with Crippen LogP contribution in [0.4, 0.5) is 5.69 Å². The Bertz CT molecular complexity index is 887. The first-order chi connectivity index (χ1) is 14.5. The standard InChI is InChI=1S/C24H33N3O2S/c1-25-21-14-19-10-12-27(2)11-9-18(19)13-20(21)22-15-30-24(26-22)17-6-3-16(4-7-17)5-8-23(28)29/h13-17,25H,3-12H2,1-2H3,(H,28,29)/t16-,17-. The Hall–Kier alpha value is -1.92. The highest BCUT2D eigenvalue weighted by Crippen LogP contribution is 2.41. The molecule has 2 aliphatic rings. The molecular weight excluding hydrogens is 394 g/mol. The van der Waals surface area contributed by atoms with Crippen molar-refractivity contribution in [2.24, 2.45) is 5.92 Å². The molecule has 1 saturated carbocycles. The van der Waals surface area contributed by atoms with Crippen LogP contribution in [0.5, 0.6) is 0 Å². The number of anilines is 1. The summed E-state index contributed by atoms with van der Waals surface area (Å²) in [4.78, 5) is 18.3. The number of hydrogen-bond acceptors (Lipinski definition) is 5. The molecule has 2 N–H and O–H groups in total. The number of carboxylic acid groups (broad SMARTS) is 1. The van der Waals surface area contributed by atoms with Crippen LogP contribution in [0.15, 0.2) is 17.5 Å². The Balaban J connectivity index is 1.48. The Labute approximate surface area is 183 Å². The molecule has 0 amide bonds. The minimum absolute atomic E-state index is 0.303. The third-order valence-electron chi connectivity index (χ3n) is 6.90. The zero-order chi connectivity index (χ0) is 21.1. The number of thiazole rings is 1. The number of nitrogens with zero attached hydrogens (tertiary/aromatic N) is 2. The van der Waals surface area contributed by atoms with Crippen LogP contribution in [0.3, 0.4) is 0 Å². The van der Waals surface area contributed by atoms with Crippen molar-refractivity contribution in [3.63, 3.8) is 0 Å². The van der Waals surface area contributed by atoms with Crippen LogP contribution in [0.1, 0.15) is 60.6 Å². The highest BCUT2D eigenvalue weighted by Gasteiger charge is 2.25. The van der Waals surface area contributed by atoms with E-state index < -0.39 is 5.97 Å². The van der Waals surface area contributed by atoms with Gasteiger partial charge in [0.25, 0.3) is 0 Å². The first-order valence-electron chi connectivity index (χ1n) is 11.2. The van der Waals surface area contributed by atoms with Gasteiger partial charge in [-0.1, -0.05) is 0 Å². The smallest absolute Gasteiger partial charge is 0.303 e. The van der Waals surface area contributed by atoms with E-state index in [-0.39, 0.29) is 0 Å². The van der Waals surface area contributed by atoms with Crippen LogP contribution in [-0.4, -0.2) is 48.1 Å². The summed E-state index contributed by atoms with van der Waals surface area (Å²) in [6.07, 6.45) is 7.84. The second-order valence-corrected chi connectivity index (χ2v) is 9.83. The van der Waals surface area contributed by atoms with Crippen molar-refractivity contribution in [2.75, 3.05) is 32.5 Å². The van der Waals surface area contributed by atoms with Crippen LogP contribution >= 0.6 is 11.3 Å². The second kappa shape index (κ2) is 9.48. The van der Waals surface area contributed by atoms with Gasteiger partial charge in [-0.2, -0.15) is 0 Å².